The first kappa shape index (κ1) is 19.6. The van der Waals surface area contributed by atoms with Gasteiger partial charge in [0, 0.05) is 37.6 Å². The number of piperidine rings is 1. The summed E-state index contributed by atoms with van der Waals surface area (Å²) in [4.78, 5) is 33.3. The fourth-order valence-corrected chi connectivity index (χ4v) is 4.89. The van der Waals surface area contributed by atoms with Gasteiger partial charge >= 0.3 is 0 Å². The second kappa shape index (κ2) is 8.32. The van der Waals surface area contributed by atoms with Gasteiger partial charge in [0.1, 0.15) is 5.78 Å². The predicted molar refractivity (Wildman–Crippen MR) is 109 cm³/mol. The highest BCUT2D eigenvalue weighted by atomic mass is 16.2. The van der Waals surface area contributed by atoms with Crippen LogP contribution >= 0.6 is 0 Å². The van der Waals surface area contributed by atoms with Gasteiger partial charge in [-0.2, -0.15) is 0 Å². The maximum absolute atomic E-state index is 12.7. The van der Waals surface area contributed by atoms with Crippen molar-refractivity contribution in [1.29, 1.82) is 0 Å². The number of carbonyl (C=O) groups excluding carboxylic acids is 2. The van der Waals surface area contributed by atoms with E-state index in [9.17, 15) is 9.59 Å². The number of fused-ring (bicyclic) bond motifs is 1. The van der Waals surface area contributed by atoms with Crippen molar-refractivity contribution in [1.82, 2.24) is 14.8 Å². The molecule has 3 aliphatic rings. The van der Waals surface area contributed by atoms with Crippen LogP contribution in [0.2, 0.25) is 0 Å². The van der Waals surface area contributed by atoms with Crippen LogP contribution in [0.25, 0.3) is 0 Å². The summed E-state index contributed by atoms with van der Waals surface area (Å²) in [5.41, 5.74) is 4.01. The Hall–Kier alpha value is -1.75. The van der Waals surface area contributed by atoms with Gasteiger partial charge in [0.25, 0.3) is 0 Å². The average Bonchev–Trinajstić information content (AvgIpc) is 2.67. The molecule has 152 valence electrons. The van der Waals surface area contributed by atoms with Crippen molar-refractivity contribution < 1.29 is 9.59 Å². The fraction of sp³-hybridized carbons (Fsp3) is 0.696. The summed E-state index contributed by atoms with van der Waals surface area (Å²) in [7, 11) is 0. The smallest absolute Gasteiger partial charge is 0.228 e. The molecule has 2 saturated heterocycles. The highest BCUT2D eigenvalue weighted by Gasteiger charge is 2.39. The lowest BCUT2D eigenvalue weighted by Crippen LogP contribution is -2.59. The van der Waals surface area contributed by atoms with E-state index in [0.717, 1.165) is 51.9 Å². The van der Waals surface area contributed by atoms with Gasteiger partial charge in [0.2, 0.25) is 5.91 Å². The Morgan fingerprint density at radius 2 is 1.86 bits per heavy atom. The van der Waals surface area contributed by atoms with Gasteiger partial charge in [-0.1, -0.05) is 6.07 Å². The Balaban J connectivity index is 1.24. The minimum absolute atomic E-state index is 0.0566. The SMILES string of the molecule is CC(=O)C(C)N1CC(C(=O)N2CCC(Cc3ccc4c(n3)CCCC4)CC2)C1. The third kappa shape index (κ3) is 4.14. The molecule has 1 amide bonds. The fourth-order valence-electron chi connectivity index (χ4n) is 4.89. The number of carbonyl (C=O) groups is 2. The number of amides is 1. The second-order valence-electron chi connectivity index (χ2n) is 9.03. The van der Waals surface area contributed by atoms with E-state index in [4.69, 9.17) is 4.98 Å². The Morgan fingerprint density at radius 3 is 2.57 bits per heavy atom. The zero-order valence-corrected chi connectivity index (χ0v) is 17.3. The molecule has 3 heterocycles. The third-order valence-corrected chi connectivity index (χ3v) is 7.05. The predicted octanol–water partition coefficient (Wildman–Crippen LogP) is 2.65. The number of pyridine rings is 1. The quantitative estimate of drug-likeness (QED) is 0.784. The van der Waals surface area contributed by atoms with Crippen LogP contribution in [0.4, 0.5) is 0 Å². The number of hydrogen-bond donors (Lipinski definition) is 0. The molecule has 0 radical (unpaired) electrons. The standard InChI is InChI=1S/C23H33N3O2/c1-16(17(2)27)26-14-20(15-26)23(28)25-11-9-18(10-12-25)13-21-8-7-19-5-3-4-6-22(19)24-21/h7-8,16,18,20H,3-6,9-15H2,1-2H3. The Bertz CT molecular complexity index is 733. The number of hydrogen-bond acceptors (Lipinski definition) is 4. The van der Waals surface area contributed by atoms with Crippen LogP contribution < -0.4 is 0 Å². The van der Waals surface area contributed by atoms with E-state index in [-0.39, 0.29) is 23.7 Å². The van der Waals surface area contributed by atoms with Gasteiger partial charge in [-0.3, -0.25) is 19.5 Å². The summed E-state index contributed by atoms with van der Waals surface area (Å²) < 4.78 is 0. The van der Waals surface area contributed by atoms with E-state index in [1.807, 2.05) is 6.92 Å². The lowest BCUT2D eigenvalue weighted by Gasteiger charge is -2.44. The highest BCUT2D eigenvalue weighted by Crippen LogP contribution is 2.27. The number of rotatable bonds is 5. The van der Waals surface area contributed by atoms with E-state index in [1.54, 1.807) is 6.92 Å². The molecule has 2 aliphatic heterocycles. The molecule has 1 unspecified atom stereocenters. The van der Waals surface area contributed by atoms with E-state index in [2.05, 4.69) is 21.9 Å². The summed E-state index contributed by atoms with van der Waals surface area (Å²) in [6.45, 7) is 6.77. The molecule has 0 spiro atoms. The molecule has 1 aromatic heterocycles. The van der Waals surface area contributed by atoms with Crippen molar-refractivity contribution in [2.75, 3.05) is 26.2 Å². The van der Waals surface area contributed by atoms with Crippen LogP contribution in [-0.2, 0) is 28.9 Å². The molecule has 2 fully saturated rings. The van der Waals surface area contributed by atoms with Crippen molar-refractivity contribution in [3.63, 3.8) is 0 Å². The molecule has 1 atom stereocenters. The lowest BCUT2D eigenvalue weighted by atomic mass is 9.89. The number of aryl methyl sites for hydroxylation is 2. The van der Waals surface area contributed by atoms with E-state index >= 15 is 0 Å². The van der Waals surface area contributed by atoms with Crippen LogP contribution in [-0.4, -0.2) is 58.7 Å². The van der Waals surface area contributed by atoms with E-state index in [1.165, 1.54) is 36.2 Å². The first-order chi connectivity index (χ1) is 13.5. The van der Waals surface area contributed by atoms with Gasteiger partial charge in [-0.25, -0.2) is 0 Å². The molecule has 0 aromatic carbocycles. The normalized spacial score (nSPS) is 22.4. The summed E-state index contributed by atoms with van der Waals surface area (Å²) in [6.07, 6.45) is 8.09. The Labute approximate surface area is 168 Å². The first-order valence-electron chi connectivity index (χ1n) is 11.0. The summed E-state index contributed by atoms with van der Waals surface area (Å²) in [5.74, 6) is 1.19. The van der Waals surface area contributed by atoms with Crippen LogP contribution in [0.15, 0.2) is 12.1 Å². The van der Waals surface area contributed by atoms with E-state index < -0.39 is 0 Å². The minimum Gasteiger partial charge on any atom is -0.342 e. The molecule has 5 heteroatoms. The van der Waals surface area contributed by atoms with Crippen molar-refractivity contribution in [2.45, 2.75) is 64.8 Å². The Kier molecular flexibility index (Phi) is 5.81. The third-order valence-electron chi connectivity index (χ3n) is 7.05. The van der Waals surface area contributed by atoms with Gasteiger partial charge < -0.3 is 4.90 Å². The van der Waals surface area contributed by atoms with Crippen LogP contribution in [0.1, 0.15) is 56.5 Å². The zero-order chi connectivity index (χ0) is 19.7. The lowest BCUT2D eigenvalue weighted by molar-refractivity contribution is -0.145. The largest absolute Gasteiger partial charge is 0.342 e. The first-order valence-corrected chi connectivity index (χ1v) is 11.0. The molecular formula is C23H33N3O2. The number of Topliss-reactive ketones (excluding diaryl/α,β-unsaturated/α-hetero) is 1. The van der Waals surface area contributed by atoms with Crippen molar-refractivity contribution in [2.24, 2.45) is 11.8 Å². The van der Waals surface area contributed by atoms with Gasteiger partial charge in [-0.15, -0.1) is 0 Å². The maximum Gasteiger partial charge on any atom is 0.228 e. The highest BCUT2D eigenvalue weighted by molar-refractivity contribution is 5.83. The number of ketones is 1. The summed E-state index contributed by atoms with van der Waals surface area (Å²) in [6, 6.07) is 4.46. The molecular weight excluding hydrogens is 350 g/mol. The van der Waals surface area contributed by atoms with Crippen LogP contribution in [0.3, 0.4) is 0 Å². The van der Waals surface area contributed by atoms with Crippen molar-refractivity contribution >= 4 is 11.7 Å². The second-order valence-corrected chi connectivity index (χ2v) is 9.03. The topological polar surface area (TPSA) is 53.5 Å². The number of likely N-dealkylation sites (tertiary alicyclic amines) is 2. The molecule has 1 aromatic rings. The minimum atomic E-state index is -0.0566. The van der Waals surface area contributed by atoms with Crippen LogP contribution in [0, 0.1) is 11.8 Å². The van der Waals surface area contributed by atoms with Gasteiger partial charge in [-0.05, 0) is 76.3 Å². The number of nitrogens with zero attached hydrogens (tertiary/aromatic N) is 3. The molecule has 0 N–H and O–H groups in total. The monoisotopic (exact) mass is 383 g/mol. The molecule has 28 heavy (non-hydrogen) atoms. The molecule has 0 saturated carbocycles. The average molecular weight is 384 g/mol. The molecule has 1 aliphatic carbocycles. The van der Waals surface area contributed by atoms with Crippen LogP contribution in [0.5, 0.6) is 0 Å². The zero-order valence-electron chi connectivity index (χ0n) is 17.3. The van der Waals surface area contributed by atoms with Gasteiger partial charge in [0.05, 0.1) is 12.0 Å². The summed E-state index contributed by atoms with van der Waals surface area (Å²) in [5, 5.41) is 0. The molecule has 0 bridgehead atoms. The Morgan fingerprint density at radius 1 is 1.14 bits per heavy atom. The van der Waals surface area contributed by atoms with E-state index in [0.29, 0.717) is 5.92 Å². The van der Waals surface area contributed by atoms with Crippen molar-refractivity contribution in [3.8, 4) is 0 Å². The van der Waals surface area contributed by atoms with Crippen molar-refractivity contribution in [3.05, 3.63) is 29.1 Å². The maximum atomic E-state index is 12.7. The molecule has 5 nitrogen and oxygen atoms in total. The molecule has 4 rings (SSSR count). The van der Waals surface area contributed by atoms with Gasteiger partial charge in [0.15, 0.2) is 0 Å². The summed E-state index contributed by atoms with van der Waals surface area (Å²) >= 11 is 0. The number of aromatic nitrogens is 1.